The summed E-state index contributed by atoms with van der Waals surface area (Å²) in [5.74, 6) is -0.121. The highest BCUT2D eigenvalue weighted by Gasteiger charge is 2.40. The first-order valence-corrected chi connectivity index (χ1v) is 7.25. The van der Waals surface area contributed by atoms with Gasteiger partial charge in [0, 0.05) is 29.1 Å². The summed E-state index contributed by atoms with van der Waals surface area (Å²) in [4.78, 5) is 15.5. The summed E-state index contributed by atoms with van der Waals surface area (Å²) in [5, 5.41) is 0.895. The number of benzene rings is 1. The lowest BCUT2D eigenvalue weighted by Crippen LogP contribution is -2.38. The zero-order chi connectivity index (χ0) is 16.2. The number of hydrogen-bond donors (Lipinski definition) is 1. The van der Waals surface area contributed by atoms with Crippen molar-refractivity contribution in [3.63, 3.8) is 0 Å². The number of aromatic nitrogens is 1. The van der Waals surface area contributed by atoms with Crippen LogP contribution in [0.1, 0.15) is 25.3 Å². The predicted octanol–water partition coefficient (Wildman–Crippen LogP) is 4.06. The smallest absolute Gasteiger partial charge is 0.359 e. The second-order valence-corrected chi connectivity index (χ2v) is 6.08. The summed E-state index contributed by atoms with van der Waals surface area (Å²) >= 11 is 6.18. The summed E-state index contributed by atoms with van der Waals surface area (Å²) in [6, 6.07) is 4.18. The van der Waals surface area contributed by atoms with Gasteiger partial charge in [0.1, 0.15) is 6.54 Å². The Morgan fingerprint density at radius 2 is 2.00 bits per heavy atom. The fourth-order valence-electron chi connectivity index (χ4n) is 3.19. The number of pyridine rings is 1. The van der Waals surface area contributed by atoms with Crippen LogP contribution >= 0.6 is 11.6 Å². The molecule has 0 bridgehead atoms. The molecule has 0 saturated carbocycles. The number of nitrogens with zero attached hydrogens (tertiary/aromatic N) is 1. The number of nitrogens with one attached hydrogen (secondary N) is 1. The fourth-order valence-corrected chi connectivity index (χ4v) is 3.49. The van der Waals surface area contributed by atoms with E-state index in [-0.39, 0.29) is 22.5 Å². The molecule has 2 aromatic rings. The van der Waals surface area contributed by atoms with E-state index in [1.807, 2.05) is 6.92 Å². The fraction of sp³-hybridized carbons (Fsp3) is 0.400. The van der Waals surface area contributed by atoms with Gasteiger partial charge in [0.05, 0.1) is 10.5 Å². The first kappa shape index (κ1) is 15.2. The SMILES string of the molecule is CC1c2c(ccc3[nH]c(=O)cc(Cl)c23)N(CC(F)(F)F)C1C. The van der Waals surface area contributed by atoms with Crippen LogP contribution in [0.5, 0.6) is 0 Å². The molecule has 0 fully saturated rings. The number of H-pyrrole nitrogens is 1. The van der Waals surface area contributed by atoms with E-state index in [0.717, 1.165) is 5.56 Å². The van der Waals surface area contributed by atoms with Gasteiger partial charge in [-0.2, -0.15) is 13.2 Å². The number of halogens is 4. The lowest BCUT2D eigenvalue weighted by atomic mass is 9.94. The van der Waals surface area contributed by atoms with Crippen molar-refractivity contribution in [2.75, 3.05) is 11.4 Å². The van der Waals surface area contributed by atoms with Gasteiger partial charge >= 0.3 is 6.18 Å². The molecule has 1 aromatic carbocycles. The summed E-state index contributed by atoms with van der Waals surface area (Å²) in [6.07, 6.45) is -4.28. The van der Waals surface area contributed by atoms with Gasteiger partial charge in [0.25, 0.3) is 0 Å². The van der Waals surface area contributed by atoms with E-state index in [4.69, 9.17) is 11.6 Å². The third-order valence-electron chi connectivity index (χ3n) is 4.31. The number of fused-ring (bicyclic) bond motifs is 3. The quantitative estimate of drug-likeness (QED) is 0.856. The zero-order valence-corrected chi connectivity index (χ0v) is 12.7. The van der Waals surface area contributed by atoms with Crippen molar-refractivity contribution in [3.8, 4) is 0 Å². The molecule has 7 heteroatoms. The standard InChI is InChI=1S/C15H14ClF3N2O/c1-7-8(2)21(6-15(17,18)19)11-4-3-10-14(13(7)11)9(16)5-12(22)20-10/h3-5,7-8H,6H2,1-2H3,(H,20,22). The van der Waals surface area contributed by atoms with E-state index in [1.54, 1.807) is 19.1 Å². The molecule has 1 aliphatic rings. The Bertz CT molecular complexity index is 800. The monoisotopic (exact) mass is 330 g/mol. The molecule has 0 saturated heterocycles. The maximum absolute atomic E-state index is 12.8. The Morgan fingerprint density at radius 1 is 1.32 bits per heavy atom. The summed E-state index contributed by atoms with van der Waals surface area (Å²) in [6.45, 7) is 2.64. The van der Waals surface area contributed by atoms with Crippen molar-refractivity contribution in [1.82, 2.24) is 4.98 Å². The summed E-state index contributed by atoms with van der Waals surface area (Å²) in [5.41, 5.74) is 1.50. The summed E-state index contributed by atoms with van der Waals surface area (Å²) < 4.78 is 38.5. The van der Waals surface area contributed by atoms with Gasteiger partial charge in [-0.15, -0.1) is 0 Å². The van der Waals surface area contributed by atoms with Crippen LogP contribution in [0.3, 0.4) is 0 Å². The van der Waals surface area contributed by atoms with Gasteiger partial charge in [0.2, 0.25) is 5.56 Å². The highest BCUT2D eigenvalue weighted by molar-refractivity contribution is 6.35. The molecule has 118 valence electrons. The average Bonchev–Trinajstić information content (AvgIpc) is 2.62. The third-order valence-corrected chi connectivity index (χ3v) is 4.60. The molecule has 2 unspecified atom stereocenters. The van der Waals surface area contributed by atoms with Crippen LogP contribution in [0, 0.1) is 0 Å². The topological polar surface area (TPSA) is 36.1 Å². The van der Waals surface area contributed by atoms with Crippen LogP contribution in [-0.2, 0) is 0 Å². The first-order valence-electron chi connectivity index (χ1n) is 6.88. The number of hydrogen-bond acceptors (Lipinski definition) is 2. The largest absolute Gasteiger partial charge is 0.405 e. The lowest BCUT2D eigenvalue weighted by Gasteiger charge is -2.27. The van der Waals surface area contributed by atoms with Crippen molar-refractivity contribution in [2.24, 2.45) is 0 Å². The van der Waals surface area contributed by atoms with Gasteiger partial charge in [-0.05, 0) is 24.6 Å². The van der Waals surface area contributed by atoms with Crippen LogP contribution in [0.15, 0.2) is 23.0 Å². The molecule has 0 radical (unpaired) electrons. The van der Waals surface area contributed by atoms with Gasteiger partial charge in [0.15, 0.2) is 0 Å². The molecule has 2 atom stereocenters. The minimum atomic E-state index is -4.28. The Kier molecular flexibility index (Phi) is 3.40. The maximum Gasteiger partial charge on any atom is 0.405 e. The van der Waals surface area contributed by atoms with E-state index >= 15 is 0 Å². The van der Waals surface area contributed by atoms with Crippen molar-refractivity contribution in [3.05, 3.63) is 39.1 Å². The normalized spacial score (nSPS) is 21.5. The number of alkyl halides is 3. The van der Waals surface area contributed by atoms with Crippen LogP contribution in [0.2, 0.25) is 5.02 Å². The van der Waals surface area contributed by atoms with Crippen LogP contribution in [-0.4, -0.2) is 23.7 Å². The van der Waals surface area contributed by atoms with Gasteiger partial charge in [-0.3, -0.25) is 4.79 Å². The zero-order valence-electron chi connectivity index (χ0n) is 12.0. The van der Waals surface area contributed by atoms with Gasteiger partial charge < -0.3 is 9.88 Å². The van der Waals surface area contributed by atoms with Crippen molar-refractivity contribution in [2.45, 2.75) is 32.0 Å². The number of anilines is 1. The molecule has 2 heterocycles. The van der Waals surface area contributed by atoms with E-state index in [9.17, 15) is 18.0 Å². The minimum Gasteiger partial charge on any atom is -0.359 e. The Labute approximate surface area is 129 Å². The van der Waals surface area contributed by atoms with Crippen molar-refractivity contribution >= 4 is 28.2 Å². The van der Waals surface area contributed by atoms with E-state index < -0.39 is 12.7 Å². The predicted molar refractivity (Wildman–Crippen MR) is 80.9 cm³/mol. The summed E-state index contributed by atoms with van der Waals surface area (Å²) in [7, 11) is 0. The molecule has 1 aromatic heterocycles. The third kappa shape index (κ3) is 2.35. The van der Waals surface area contributed by atoms with E-state index in [0.29, 0.717) is 16.6 Å². The Balaban J connectivity index is 2.25. The minimum absolute atomic E-state index is 0.121. The molecule has 0 amide bonds. The van der Waals surface area contributed by atoms with E-state index in [1.165, 1.54) is 11.0 Å². The molecular formula is C15H14ClF3N2O. The Morgan fingerprint density at radius 3 is 2.64 bits per heavy atom. The maximum atomic E-state index is 12.8. The first-order chi connectivity index (χ1) is 10.2. The van der Waals surface area contributed by atoms with Gasteiger partial charge in [-0.25, -0.2) is 0 Å². The highest BCUT2D eigenvalue weighted by atomic mass is 35.5. The van der Waals surface area contributed by atoms with Crippen LogP contribution in [0.4, 0.5) is 18.9 Å². The molecule has 3 nitrogen and oxygen atoms in total. The second-order valence-electron chi connectivity index (χ2n) is 5.67. The highest BCUT2D eigenvalue weighted by Crippen LogP contribution is 2.46. The molecule has 0 aliphatic carbocycles. The van der Waals surface area contributed by atoms with E-state index in [2.05, 4.69) is 4.98 Å². The number of aromatic amines is 1. The second kappa shape index (κ2) is 4.91. The molecule has 1 N–H and O–H groups in total. The molecular weight excluding hydrogens is 317 g/mol. The molecule has 3 rings (SSSR count). The van der Waals surface area contributed by atoms with Crippen LogP contribution in [0.25, 0.3) is 10.9 Å². The number of rotatable bonds is 1. The van der Waals surface area contributed by atoms with Crippen molar-refractivity contribution < 1.29 is 13.2 Å². The van der Waals surface area contributed by atoms with Gasteiger partial charge in [-0.1, -0.05) is 18.5 Å². The average molecular weight is 331 g/mol. The van der Waals surface area contributed by atoms with Crippen molar-refractivity contribution in [1.29, 1.82) is 0 Å². The molecule has 1 aliphatic heterocycles. The lowest BCUT2D eigenvalue weighted by molar-refractivity contribution is -0.120. The molecule has 0 spiro atoms. The van der Waals surface area contributed by atoms with Crippen LogP contribution < -0.4 is 10.5 Å². The Hall–Kier alpha value is -1.69. The molecule has 22 heavy (non-hydrogen) atoms.